The van der Waals surface area contributed by atoms with Crippen LogP contribution < -0.4 is 5.32 Å². The van der Waals surface area contributed by atoms with Crippen molar-refractivity contribution in [3.63, 3.8) is 0 Å². The highest BCUT2D eigenvalue weighted by Crippen LogP contribution is 2.34. The molecule has 3 rings (SSSR count). The van der Waals surface area contributed by atoms with Crippen LogP contribution >= 0.6 is 11.3 Å². The van der Waals surface area contributed by atoms with E-state index in [4.69, 9.17) is 5.10 Å². The molecule has 3 heterocycles. The molecule has 1 N–H and O–H groups in total. The number of fused-ring (bicyclic) bond motifs is 1. The van der Waals surface area contributed by atoms with Crippen LogP contribution in [0.15, 0.2) is 0 Å². The highest BCUT2D eigenvalue weighted by atomic mass is 32.1. The number of nitrogens with zero attached hydrogens (tertiary/aromatic N) is 4. The van der Waals surface area contributed by atoms with E-state index in [2.05, 4.69) is 43.2 Å². The second-order valence-corrected chi connectivity index (χ2v) is 7.19. The average Bonchev–Trinajstić information content (AvgIpc) is 2.87. The van der Waals surface area contributed by atoms with Crippen molar-refractivity contribution < 1.29 is 0 Å². The Morgan fingerprint density at radius 2 is 2.11 bits per heavy atom. The molecule has 6 heteroatoms. The fourth-order valence-electron chi connectivity index (χ4n) is 2.38. The van der Waals surface area contributed by atoms with Gasteiger partial charge < -0.3 is 5.32 Å². The van der Waals surface area contributed by atoms with Gasteiger partial charge in [0.25, 0.3) is 0 Å². The maximum Gasteiger partial charge on any atom is 0.234 e. The van der Waals surface area contributed by atoms with Gasteiger partial charge in [-0.05, 0) is 26.3 Å². The summed E-state index contributed by atoms with van der Waals surface area (Å²) in [4.78, 5) is 0.893. The van der Waals surface area contributed by atoms with E-state index in [0.717, 1.165) is 28.8 Å². The number of rotatable bonds is 1. The highest BCUT2D eigenvalue weighted by molar-refractivity contribution is 7.16. The number of hydrogen-bond donors (Lipinski definition) is 1. The Morgan fingerprint density at radius 1 is 1.33 bits per heavy atom. The van der Waals surface area contributed by atoms with Gasteiger partial charge in [0, 0.05) is 5.41 Å². The van der Waals surface area contributed by atoms with Gasteiger partial charge >= 0.3 is 0 Å². The zero-order valence-corrected chi connectivity index (χ0v) is 12.1. The maximum absolute atomic E-state index is 4.74. The topological polar surface area (TPSA) is 55.1 Å². The second-order valence-electron chi connectivity index (χ2n) is 6.24. The van der Waals surface area contributed by atoms with Crippen molar-refractivity contribution in [1.82, 2.24) is 25.1 Å². The summed E-state index contributed by atoms with van der Waals surface area (Å²) < 4.78 is 1.91. The molecule has 98 valence electrons. The molecule has 1 unspecified atom stereocenters. The summed E-state index contributed by atoms with van der Waals surface area (Å²) in [5.41, 5.74) is -0.0186. The molecular formula is C12H19N5S. The van der Waals surface area contributed by atoms with Crippen molar-refractivity contribution in [2.24, 2.45) is 0 Å². The predicted octanol–water partition coefficient (Wildman–Crippen LogP) is 2.08. The van der Waals surface area contributed by atoms with E-state index >= 15 is 0 Å². The number of hydrogen-bond acceptors (Lipinski definition) is 5. The minimum Gasteiger partial charge on any atom is -0.306 e. The van der Waals surface area contributed by atoms with Gasteiger partial charge in [-0.15, -0.1) is 10.2 Å². The van der Waals surface area contributed by atoms with Gasteiger partial charge in [0.1, 0.15) is 5.01 Å². The van der Waals surface area contributed by atoms with E-state index in [0.29, 0.717) is 0 Å². The number of aromatic nitrogens is 4. The molecule has 5 nitrogen and oxygen atoms in total. The fourth-order valence-corrected chi connectivity index (χ4v) is 3.38. The molecule has 2 aromatic heterocycles. The second kappa shape index (κ2) is 3.74. The van der Waals surface area contributed by atoms with Crippen LogP contribution in [0.4, 0.5) is 0 Å². The van der Waals surface area contributed by atoms with Crippen molar-refractivity contribution >= 4 is 16.3 Å². The lowest BCUT2D eigenvalue weighted by molar-refractivity contribution is 0.424. The van der Waals surface area contributed by atoms with E-state index in [9.17, 15) is 0 Å². The first kappa shape index (κ1) is 12.0. The van der Waals surface area contributed by atoms with Gasteiger partial charge in [0.15, 0.2) is 5.82 Å². The van der Waals surface area contributed by atoms with E-state index in [1.165, 1.54) is 6.42 Å². The zero-order valence-electron chi connectivity index (χ0n) is 11.3. The van der Waals surface area contributed by atoms with Gasteiger partial charge in [-0.1, -0.05) is 32.1 Å². The first-order valence-corrected chi connectivity index (χ1v) is 7.20. The average molecular weight is 265 g/mol. The van der Waals surface area contributed by atoms with Crippen molar-refractivity contribution in [1.29, 1.82) is 0 Å². The van der Waals surface area contributed by atoms with Crippen LogP contribution in [-0.2, 0) is 11.0 Å². The summed E-state index contributed by atoms with van der Waals surface area (Å²) in [7, 11) is 0. The summed E-state index contributed by atoms with van der Waals surface area (Å²) >= 11 is 1.65. The molecule has 0 spiro atoms. The molecule has 1 saturated heterocycles. The van der Waals surface area contributed by atoms with Crippen LogP contribution in [0.1, 0.15) is 51.4 Å². The van der Waals surface area contributed by atoms with E-state index in [1.54, 1.807) is 11.3 Å². The van der Waals surface area contributed by atoms with Gasteiger partial charge in [0.05, 0.1) is 5.54 Å². The van der Waals surface area contributed by atoms with Gasteiger partial charge in [0.2, 0.25) is 4.96 Å². The Kier molecular flexibility index (Phi) is 2.50. The summed E-state index contributed by atoms with van der Waals surface area (Å²) in [5, 5.41) is 17.9. The van der Waals surface area contributed by atoms with E-state index in [1.807, 2.05) is 4.52 Å². The molecule has 0 saturated carbocycles. The zero-order chi connectivity index (χ0) is 13.0. The van der Waals surface area contributed by atoms with Gasteiger partial charge in [-0.2, -0.15) is 9.61 Å². The third kappa shape index (κ3) is 1.75. The molecule has 1 aliphatic heterocycles. The lowest BCUT2D eigenvalue weighted by Gasteiger charge is -2.20. The van der Waals surface area contributed by atoms with Crippen molar-refractivity contribution in [3.05, 3.63) is 10.8 Å². The summed E-state index contributed by atoms with van der Waals surface area (Å²) in [6.45, 7) is 9.71. The molecule has 18 heavy (non-hydrogen) atoms. The van der Waals surface area contributed by atoms with Crippen LogP contribution in [0, 0.1) is 0 Å². The summed E-state index contributed by atoms with van der Waals surface area (Å²) in [5.74, 6) is 0.932. The van der Waals surface area contributed by atoms with Crippen molar-refractivity contribution in [2.75, 3.05) is 6.54 Å². The quantitative estimate of drug-likeness (QED) is 0.857. The Bertz CT molecular complexity index is 571. The smallest absolute Gasteiger partial charge is 0.234 e. The standard InChI is InChI=1S/C12H19N5S/c1-11(2,3)8-14-15-10-17(8)16-9(18-10)12(4)6-5-7-13-12/h13H,5-7H2,1-4H3. The molecule has 0 radical (unpaired) electrons. The van der Waals surface area contributed by atoms with Crippen LogP contribution in [0.3, 0.4) is 0 Å². The summed E-state index contributed by atoms with van der Waals surface area (Å²) in [6.07, 6.45) is 2.35. The predicted molar refractivity (Wildman–Crippen MR) is 71.9 cm³/mol. The largest absolute Gasteiger partial charge is 0.306 e. The molecule has 0 aromatic carbocycles. The number of nitrogens with one attached hydrogen (secondary N) is 1. The van der Waals surface area contributed by atoms with Gasteiger partial charge in [-0.3, -0.25) is 0 Å². The molecule has 0 bridgehead atoms. The lowest BCUT2D eigenvalue weighted by atomic mass is 9.96. The van der Waals surface area contributed by atoms with Crippen molar-refractivity contribution in [3.8, 4) is 0 Å². The first-order chi connectivity index (χ1) is 8.40. The van der Waals surface area contributed by atoms with Crippen LogP contribution in [-0.4, -0.2) is 26.4 Å². The SMILES string of the molecule is CC(C)(C)c1nnc2sc(C3(C)CCCN3)nn12. The molecule has 0 aliphatic carbocycles. The Balaban J connectivity index is 2.09. The van der Waals surface area contributed by atoms with E-state index < -0.39 is 0 Å². The fraction of sp³-hybridized carbons (Fsp3) is 0.750. The minimum atomic E-state index is -0.0330. The molecule has 2 aromatic rings. The summed E-state index contributed by atoms with van der Waals surface area (Å²) in [6, 6.07) is 0. The molecule has 0 amide bonds. The maximum atomic E-state index is 4.74. The Labute approximate surface area is 111 Å². The van der Waals surface area contributed by atoms with Crippen LogP contribution in [0.2, 0.25) is 0 Å². The monoisotopic (exact) mass is 265 g/mol. The Hall–Kier alpha value is -1.01. The third-order valence-electron chi connectivity index (χ3n) is 3.50. The van der Waals surface area contributed by atoms with Crippen LogP contribution in [0.5, 0.6) is 0 Å². The van der Waals surface area contributed by atoms with Crippen molar-refractivity contribution in [2.45, 2.75) is 51.5 Å². The molecule has 1 fully saturated rings. The third-order valence-corrected chi connectivity index (χ3v) is 4.67. The molecular weight excluding hydrogens is 246 g/mol. The molecule has 1 aliphatic rings. The molecule has 1 atom stereocenters. The van der Waals surface area contributed by atoms with Crippen LogP contribution in [0.25, 0.3) is 4.96 Å². The minimum absolute atomic E-state index is 0.0144. The lowest BCUT2D eigenvalue weighted by Crippen LogP contribution is -2.33. The van der Waals surface area contributed by atoms with Gasteiger partial charge in [-0.25, -0.2) is 0 Å². The van der Waals surface area contributed by atoms with E-state index in [-0.39, 0.29) is 11.0 Å². The normalized spacial score (nSPS) is 25.1. The Morgan fingerprint density at radius 3 is 2.72 bits per heavy atom. The highest BCUT2D eigenvalue weighted by Gasteiger charge is 2.35. The first-order valence-electron chi connectivity index (χ1n) is 6.38.